The van der Waals surface area contributed by atoms with Crippen molar-refractivity contribution in [1.82, 2.24) is 0 Å². The number of benzene rings is 1. The Bertz CT molecular complexity index is 294. The van der Waals surface area contributed by atoms with Crippen molar-refractivity contribution in [2.24, 2.45) is 0 Å². The highest BCUT2D eigenvalue weighted by Crippen LogP contribution is 2.32. The zero-order chi connectivity index (χ0) is 9.14. The van der Waals surface area contributed by atoms with E-state index >= 15 is 0 Å². The van der Waals surface area contributed by atoms with Crippen LogP contribution in [0.1, 0.15) is 11.5 Å². The Labute approximate surface area is 80.9 Å². The minimum atomic E-state index is 0.00600. The molecule has 1 rings (SSSR count). The average Bonchev–Trinajstić information content (AvgIpc) is 2.08. The number of allylic oxidation sites excluding steroid dienone is 1. The molecule has 1 aromatic rings. The van der Waals surface area contributed by atoms with Crippen molar-refractivity contribution in [3.05, 3.63) is 47.8 Å². The van der Waals surface area contributed by atoms with Gasteiger partial charge in [0.05, 0.1) is 4.47 Å². The number of phenols is 1. The Hall–Kier alpha value is -0.760. The molecule has 0 fully saturated rings. The van der Waals surface area contributed by atoms with Crippen molar-refractivity contribution in [3.8, 4) is 5.75 Å². The zero-order valence-electron chi connectivity index (χ0n) is 6.63. The van der Waals surface area contributed by atoms with Crippen LogP contribution in [0.25, 0.3) is 0 Å². The quantitative estimate of drug-likeness (QED) is 0.767. The highest BCUT2D eigenvalue weighted by Gasteiger charge is 2.08. The molecule has 0 aliphatic carbocycles. The number of halogens is 1. The zero-order valence-corrected chi connectivity index (χ0v) is 8.21. The van der Waals surface area contributed by atoms with Crippen LogP contribution in [0.5, 0.6) is 5.75 Å². The molecule has 63 valence electrons. The average molecular weight is 226 g/mol. The molecular weight excluding hydrogens is 216 g/mol. The number of aromatic hydroxyl groups is 1. The van der Waals surface area contributed by atoms with Crippen molar-refractivity contribution < 1.29 is 5.11 Å². The predicted octanol–water partition coefficient (Wildman–Crippen LogP) is 3.26. The van der Waals surface area contributed by atoms with Gasteiger partial charge in [0.2, 0.25) is 0 Å². The standard InChI is InChI=1S/C10H10BrO/c1-3-7(2)8-5-4-6-9(12)10(8)11/h3-7,12H,1-2H2. The molecule has 0 spiro atoms. The Morgan fingerprint density at radius 1 is 1.50 bits per heavy atom. The molecule has 1 unspecified atom stereocenters. The van der Waals surface area contributed by atoms with E-state index in [1.54, 1.807) is 18.2 Å². The first-order chi connectivity index (χ1) is 5.66. The van der Waals surface area contributed by atoms with Crippen molar-refractivity contribution in [1.29, 1.82) is 0 Å². The van der Waals surface area contributed by atoms with Crippen molar-refractivity contribution >= 4 is 15.9 Å². The maximum Gasteiger partial charge on any atom is 0.130 e. The van der Waals surface area contributed by atoms with Gasteiger partial charge in [-0.15, -0.1) is 6.58 Å². The normalized spacial score (nSPS) is 12.5. The number of hydrogen-bond donors (Lipinski definition) is 1. The summed E-state index contributed by atoms with van der Waals surface area (Å²) in [6.45, 7) is 7.51. The molecule has 1 nitrogen and oxygen atoms in total. The second-order valence-corrected chi connectivity index (χ2v) is 3.32. The predicted molar refractivity (Wildman–Crippen MR) is 54.1 cm³/mol. The second kappa shape index (κ2) is 3.76. The van der Waals surface area contributed by atoms with Gasteiger partial charge in [-0.05, 0) is 34.5 Å². The van der Waals surface area contributed by atoms with E-state index < -0.39 is 0 Å². The van der Waals surface area contributed by atoms with Crippen molar-refractivity contribution in [3.63, 3.8) is 0 Å². The van der Waals surface area contributed by atoms with Crippen LogP contribution in [0.3, 0.4) is 0 Å². The fourth-order valence-electron chi connectivity index (χ4n) is 0.950. The molecule has 1 N–H and O–H groups in total. The fourth-order valence-corrected chi connectivity index (χ4v) is 1.51. The van der Waals surface area contributed by atoms with Gasteiger partial charge < -0.3 is 5.11 Å². The van der Waals surface area contributed by atoms with Gasteiger partial charge in [-0.25, -0.2) is 0 Å². The maximum atomic E-state index is 9.34. The van der Waals surface area contributed by atoms with Gasteiger partial charge in [0, 0.05) is 5.92 Å². The van der Waals surface area contributed by atoms with Gasteiger partial charge in [0.15, 0.2) is 0 Å². The lowest BCUT2D eigenvalue weighted by Gasteiger charge is -2.09. The van der Waals surface area contributed by atoms with Crippen LogP contribution in [-0.2, 0) is 0 Å². The molecule has 0 amide bonds. The smallest absolute Gasteiger partial charge is 0.130 e. The topological polar surface area (TPSA) is 20.2 Å². The van der Waals surface area contributed by atoms with Gasteiger partial charge in [0.1, 0.15) is 5.75 Å². The van der Waals surface area contributed by atoms with E-state index in [-0.39, 0.29) is 11.7 Å². The molecule has 0 aliphatic rings. The molecule has 1 radical (unpaired) electrons. The van der Waals surface area contributed by atoms with E-state index in [0.29, 0.717) is 4.47 Å². The van der Waals surface area contributed by atoms with Crippen LogP contribution in [0, 0.1) is 6.92 Å². The van der Waals surface area contributed by atoms with Gasteiger partial charge in [-0.3, -0.25) is 0 Å². The highest BCUT2D eigenvalue weighted by molar-refractivity contribution is 9.10. The largest absolute Gasteiger partial charge is 0.507 e. The second-order valence-electron chi connectivity index (χ2n) is 2.52. The van der Waals surface area contributed by atoms with Gasteiger partial charge in [0.25, 0.3) is 0 Å². The third kappa shape index (κ3) is 1.69. The van der Waals surface area contributed by atoms with Crippen LogP contribution in [0.2, 0.25) is 0 Å². The molecule has 0 aliphatic heterocycles. The van der Waals surface area contributed by atoms with Crippen LogP contribution in [0.15, 0.2) is 35.3 Å². The van der Waals surface area contributed by atoms with Crippen molar-refractivity contribution in [2.45, 2.75) is 5.92 Å². The minimum absolute atomic E-state index is 0.00600. The lowest BCUT2D eigenvalue weighted by atomic mass is 10.0. The molecule has 1 atom stereocenters. The van der Waals surface area contributed by atoms with E-state index in [4.69, 9.17) is 0 Å². The molecule has 0 saturated heterocycles. The summed E-state index contributed by atoms with van der Waals surface area (Å²) in [5.74, 6) is 0.245. The van der Waals surface area contributed by atoms with E-state index in [1.807, 2.05) is 6.07 Å². The van der Waals surface area contributed by atoms with Crippen molar-refractivity contribution in [2.75, 3.05) is 0 Å². The van der Waals surface area contributed by atoms with Gasteiger partial charge in [-0.2, -0.15) is 0 Å². The lowest BCUT2D eigenvalue weighted by Crippen LogP contribution is -1.90. The van der Waals surface area contributed by atoms with E-state index in [9.17, 15) is 5.11 Å². The first-order valence-corrected chi connectivity index (χ1v) is 4.39. The number of phenolic OH excluding ortho intramolecular Hbond substituents is 1. The molecular formula is C10H10BrO. The third-order valence-corrected chi connectivity index (χ3v) is 2.56. The lowest BCUT2D eigenvalue weighted by molar-refractivity contribution is 0.471. The molecule has 1 aromatic carbocycles. The Balaban J connectivity index is 3.15. The molecule has 2 heteroatoms. The monoisotopic (exact) mass is 225 g/mol. The first-order valence-electron chi connectivity index (χ1n) is 3.60. The third-order valence-electron chi connectivity index (χ3n) is 1.69. The number of rotatable bonds is 2. The van der Waals surface area contributed by atoms with E-state index in [0.717, 1.165) is 5.56 Å². The molecule has 0 bridgehead atoms. The molecule has 12 heavy (non-hydrogen) atoms. The van der Waals surface area contributed by atoms with Crippen LogP contribution >= 0.6 is 15.9 Å². The summed E-state index contributed by atoms with van der Waals surface area (Å²) in [6.07, 6.45) is 1.74. The Morgan fingerprint density at radius 3 is 2.75 bits per heavy atom. The van der Waals surface area contributed by atoms with Gasteiger partial charge >= 0.3 is 0 Å². The van der Waals surface area contributed by atoms with E-state index in [2.05, 4.69) is 29.4 Å². The molecule has 0 aromatic heterocycles. The van der Waals surface area contributed by atoms with Crippen LogP contribution < -0.4 is 0 Å². The maximum absolute atomic E-state index is 9.34. The van der Waals surface area contributed by atoms with Gasteiger partial charge in [-0.1, -0.05) is 18.2 Å². The SMILES string of the molecule is [CH2]C(C=C)c1cccc(O)c1Br. The fraction of sp³-hybridized carbons (Fsp3) is 0.100. The summed E-state index contributed by atoms with van der Waals surface area (Å²) in [7, 11) is 0. The highest BCUT2D eigenvalue weighted by atomic mass is 79.9. The Kier molecular flexibility index (Phi) is 2.93. The van der Waals surface area contributed by atoms with Crippen LogP contribution in [0.4, 0.5) is 0 Å². The molecule has 0 heterocycles. The Morgan fingerprint density at radius 2 is 2.17 bits per heavy atom. The first kappa shape index (κ1) is 9.33. The summed E-state index contributed by atoms with van der Waals surface area (Å²) >= 11 is 3.28. The van der Waals surface area contributed by atoms with Crippen LogP contribution in [-0.4, -0.2) is 5.11 Å². The number of hydrogen-bond acceptors (Lipinski definition) is 1. The summed E-state index contributed by atoms with van der Waals surface area (Å²) in [4.78, 5) is 0. The molecule has 0 saturated carbocycles. The van der Waals surface area contributed by atoms with E-state index in [1.165, 1.54) is 0 Å². The summed E-state index contributed by atoms with van der Waals surface area (Å²) in [5, 5.41) is 9.34. The minimum Gasteiger partial charge on any atom is -0.507 e. The summed E-state index contributed by atoms with van der Waals surface area (Å²) in [5.41, 5.74) is 0.949. The summed E-state index contributed by atoms with van der Waals surface area (Å²) < 4.78 is 0.699. The summed E-state index contributed by atoms with van der Waals surface area (Å²) in [6, 6.07) is 5.32.